The molecule has 4 rings (SSSR count). The number of carbonyl (C=O) groups is 1. The van der Waals surface area contributed by atoms with Crippen molar-refractivity contribution in [3.8, 4) is 5.75 Å². The van der Waals surface area contributed by atoms with Gasteiger partial charge in [-0.25, -0.2) is 0 Å². The van der Waals surface area contributed by atoms with Gasteiger partial charge in [0.2, 0.25) is 5.91 Å². The van der Waals surface area contributed by atoms with E-state index >= 15 is 0 Å². The van der Waals surface area contributed by atoms with Crippen LogP contribution in [0.3, 0.4) is 0 Å². The number of amides is 1. The molecule has 2 heterocycles. The Labute approximate surface area is 219 Å². The second-order valence-corrected chi connectivity index (χ2v) is 12.9. The SMILES string of the molecule is Cc1cc(OS(=O)(=O)C(F)(F)F)cc(C)c1[C@H](C1CCc2nn(S(=O)(=O)C(F)(F)F)cc2C1)C1CCNC1=O. The summed E-state index contributed by atoms with van der Waals surface area (Å²) in [4.78, 5) is 12.7. The van der Waals surface area contributed by atoms with Crippen molar-refractivity contribution < 1.29 is 52.2 Å². The quantitative estimate of drug-likeness (QED) is 0.305. The minimum Gasteiger partial charge on any atom is -0.376 e. The Bertz CT molecular complexity index is 1490. The van der Waals surface area contributed by atoms with E-state index in [1.807, 2.05) is 0 Å². The van der Waals surface area contributed by atoms with Crippen LogP contribution in [0.15, 0.2) is 18.3 Å². The molecule has 17 heteroatoms. The monoisotopic (exact) mass is 603 g/mol. The van der Waals surface area contributed by atoms with Crippen LogP contribution in [-0.4, -0.2) is 49.5 Å². The number of carbonyl (C=O) groups excluding carboxylic acids is 1. The summed E-state index contributed by atoms with van der Waals surface area (Å²) in [6.07, 6.45) is 1.79. The number of alkyl halides is 6. The van der Waals surface area contributed by atoms with Gasteiger partial charge >= 0.3 is 31.2 Å². The number of nitrogens with one attached hydrogen (secondary N) is 1. The molecule has 2 aliphatic rings. The molecule has 1 N–H and O–H groups in total. The first-order valence-corrected chi connectivity index (χ1v) is 14.5. The Balaban J connectivity index is 1.73. The standard InChI is InChI=1S/C22H23F6N3O6S2/c1-11-7-15(37-39(35,36)22(26,27)28)8-12(2)18(11)19(16-5-6-29-20(16)32)13-3-4-17-14(9-13)10-31(30-17)38(33,34)21(23,24)25/h7-8,10,13,16,19H,3-6,9H2,1-2H3,(H,29,32)/t13?,16?,19-/m1/s1. The Kier molecular flexibility index (Phi) is 7.24. The van der Waals surface area contributed by atoms with E-state index in [1.165, 1.54) is 13.8 Å². The first-order chi connectivity index (χ1) is 17.8. The van der Waals surface area contributed by atoms with Crippen LogP contribution in [0.25, 0.3) is 0 Å². The lowest BCUT2D eigenvalue weighted by molar-refractivity contribution is -0.123. The van der Waals surface area contributed by atoms with Gasteiger partial charge in [0.1, 0.15) is 5.75 Å². The number of aromatic nitrogens is 2. The number of halogens is 6. The van der Waals surface area contributed by atoms with Gasteiger partial charge in [-0.05, 0) is 85.8 Å². The van der Waals surface area contributed by atoms with Crippen molar-refractivity contribution in [2.24, 2.45) is 11.8 Å². The summed E-state index contributed by atoms with van der Waals surface area (Å²) < 4.78 is 128. The predicted molar refractivity (Wildman–Crippen MR) is 123 cm³/mol. The van der Waals surface area contributed by atoms with Crippen LogP contribution in [0.4, 0.5) is 26.3 Å². The average molecular weight is 604 g/mol. The number of hydrogen-bond acceptors (Lipinski definition) is 7. The minimum atomic E-state index is -5.92. The molecule has 1 aliphatic carbocycles. The molecule has 0 saturated carbocycles. The molecule has 1 saturated heterocycles. The Morgan fingerprint density at radius 2 is 1.64 bits per heavy atom. The van der Waals surface area contributed by atoms with Gasteiger partial charge in [-0.3, -0.25) is 4.79 Å². The summed E-state index contributed by atoms with van der Waals surface area (Å²) in [6.45, 7) is 3.41. The van der Waals surface area contributed by atoms with Gasteiger partial charge in [-0.1, -0.05) is 0 Å². The zero-order valence-corrected chi connectivity index (χ0v) is 22.1. The van der Waals surface area contributed by atoms with Gasteiger partial charge in [-0.2, -0.15) is 52.4 Å². The summed E-state index contributed by atoms with van der Waals surface area (Å²) >= 11 is 0. The normalized spacial score (nSPS) is 21.4. The van der Waals surface area contributed by atoms with Crippen molar-refractivity contribution in [3.63, 3.8) is 0 Å². The third-order valence-corrected chi connectivity index (χ3v) is 9.30. The number of hydrogen-bond donors (Lipinski definition) is 1. The number of aryl methyl sites for hydroxylation is 3. The van der Waals surface area contributed by atoms with Crippen molar-refractivity contribution in [2.75, 3.05) is 6.54 Å². The molecule has 216 valence electrons. The van der Waals surface area contributed by atoms with E-state index < -0.39 is 48.7 Å². The van der Waals surface area contributed by atoms with E-state index in [0.717, 1.165) is 18.3 Å². The lowest BCUT2D eigenvalue weighted by Gasteiger charge is -2.35. The number of nitrogens with zero attached hydrogens (tertiary/aromatic N) is 2. The predicted octanol–water partition coefficient (Wildman–Crippen LogP) is 3.45. The van der Waals surface area contributed by atoms with Gasteiger partial charge in [0.05, 0.1) is 5.69 Å². The van der Waals surface area contributed by atoms with Gasteiger partial charge < -0.3 is 9.50 Å². The van der Waals surface area contributed by atoms with Crippen LogP contribution in [-0.2, 0) is 37.8 Å². The molecule has 0 radical (unpaired) electrons. The zero-order chi connectivity index (χ0) is 29.1. The van der Waals surface area contributed by atoms with Crippen LogP contribution >= 0.6 is 0 Å². The summed E-state index contributed by atoms with van der Waals surface area (Å²) in [5, 5.41) is 6.36. The molecule has 2 aromatic rings. The highest BCUT2D eigenvalue weighted by atomic mass is 32.2. The van der Waals surface area contributed by atoms with E-state index in [2.05, 4.69) is 14.6 Å². The van der Waals surface area contributed by atoms with E-state index in [9.17, 15) is 48.0 Å². The van der Waals surface area contributed by atoms with Gasteiger partial charge in [0, 0.05) is 18.7 Å². The highest BCUT2D eigenvalue weighted by Gasteiger charge is 2.50. The first kappa shape index (κ1) is 29.2. The van der Waals surface area contributed by atoms with Crippen LogP contribution < -0.4 is 9.50 Å². The van der Waals surface area contributed by atoms with Crippen LogP contribution in [0, 0.1) is 25.7 Å². The average Bonchev–Trinajstić information content (AvgIpc) is 3.40. The maximum atomic E-state index is 13.0. The third kappa shape index (κ3) is 5.34. The van der Waals surface area contributed by atoms with Gasteiger partial charge in [0.15, 0.2) is 0 Å². The third-order valence-electron chi connectivity index (χ3n) is 7.05. The topological polar surface area (TPSA) is 124 Å². The number of benzene rings is 1. The lowest BCUT2D eigenvalue weighted by atomic mass is 9.68. The van der Waals surface area contributed by atoms with Gasteiger partial charge in [0.25, 0.3) is 0 Å². The van der Waals surface area contributed by atoms with Gasteiger partial charge in [-0.15, -0.1) is 0 Å². The summed E-state index contributed by atoms with van der Waals surface area (Å²) in [5.74, 6) is -2.36. The van der Waals surface area contributed by atoms with E-state index in [0.29, 0.717) is 36.1 Å². The second kappa shape index (κ2) is 9.67. The lowest BCUT2D eigenvalue weighted by Crippen LogP contribution is -2.32. The van der Waals surface area contributed by atoms with Crippen LogP contribution in [0.5, 0.6) is 5.75 Å². The molecule has 0 bridgehead atoms. The fraction of sp³-hybridized carbons (Fsp3) is 0.545. The molecule has 1 fully saturated rings. The molecular weight excluding hydrogens is 580 g/mol. The Hall–Kier alpha value is -2.82. The number of fused-ring (bicyclic) bond motifs is 1. The van der Waals surface area contributed by atoms with E-state index in [-0.39, 0.29) is 40.0 Å². The highest BCUT2D eigenvalue weighted by Crippen LogP contribution is 2.45. The first-order valence-electron chi connectivity index (χ1n) is 11.6. The smallest absolute Gasteiger partial charge is 0.376 e. The summed E-state index contributed by atoms with van der Waals surface area (Å²) in [7, 11) is -11.6. The maximum Gasteiger partial charge on any atom is 0.534 e. The largest absolute Gasteiger partial charge is 0.534 e. The summed E-state index contributed by atoms with van der Waals surface area (Å²) in [6, 6.07) is 2.24. The van der Waals surface area contributed by atoms with Crippen molar-refractivity contribution in [3.05, 3.63) is 46.3 Å². The molecular formula is C22H23F6N3O6S2. The molecule has 0 spiro atoms. The minimum absolute atomic E-state index is 0.0940. The molecule has 1 aromatic carbocycles. The molecule has 1 aromatic heterocycles. The van der Waals surface area contributed by atoms with Crippen molar-refractivity contribution in [2.45, 2.75) is 56.5 Å². The molecule has 3 atom stereocenters. The van der Waals surface area contributed by atoms with E-state index in [4.69, 9.17) is 0 Å². The molecule has 1 aliphatic heterocycles. The molecule has 39 heavy (non-hydrogen) atoms. The summed E-state index contributed by atoms with van der Waals surface area (Å²) in [5.41, 5.74) is -9.46. The fourth-order valence-electron chi connectivity index (χ4n) is 5.45. The molecule has 2 unspecified atom stereocenters. The Morgan fingerprint density at radius 3 is 2.15 bits per heavy atom. The maximum absolute atomic E-state index is 13.0. The van der Waals surface area contributed by atoms with E-state index in [1.54, 1.807) is 0 Å². The highest BCUT2D eigenvalue weighted by molar-refractivity contribution is 7.90. The van der Waals surface area contributed by atoms with Crippen molar-refractivity contribution in [1.29, 1.82) is 0 Å². The van der Waals surface area contributed by atoms with Crippen LogP contribution in [0.2, 0.25) is 0 Å². The second-order valence-electron chi connectivity index (χ2n) is 9.59. The van der Waals surface area contributed by atoms with Crippen LogP contribution in [0.1, 0.15) is 46.7 Å². The van der Waals surface area contributed by atoms with Crippen molar-refractivity contribution >= 4 is 26.0 Å². The van der Waals surface area contributed by atoms with Crippen molar-refractivity contribution in [1.82, 2.24) is 14.5 Å². The Morgan fingerprint density at radius 1 is 1.03 bits per heavy atom. The molecule has 1 amide bonds. The number of rotatable bonds is 6. The fourth-order valence-corrected chi connectivity index (χ4v) is 6.58. The molecule has 9 nitrogen and oxygen atoms in total. The zero-order valence-electron chi connectivity index (χ0n) is 20.4.